The number of hydrogen-bond donors (Lipinski definition) is 1. The fourth-order valence-electron chi connectivity index (χ4n) is 4.58. The first-order chi connectivity index (χ1) is 11.7. The van der Waals surface area contributed by atoms with Crippen LogP contribution < -0.4 is 0 Å². The Bertz CT molecular complexity index is 686. The van der Waals surface area contributed by atoms with E-state index < -0.39 is 5.54 Å². The van der Waals surface area contributed by atoms with Crippen molar-refractivity contribution in [2.75, 3.05) is 19.7 Å². The van der Waals surface area contributed by atoms with Gasteiger partial charge in [0.05, 0.1) is 17.8 Å². The number of aliphatic hydroxyl groups is 1. The van der Waals surface area contributed by atoms with Gasteiger partial charge in [0.25, 0.3) is 0 Å². The Morgan fingerprint density at radius 3 is 2.68 bits per heavy atom. The molecule has 2 fully saturated rings. The molecular formula is C18H28N4O3. The SMILES string of the molecule is CC(=O)N1CC[C@H]2[C@H](C1)C[C@](C)(CO)N2C(=O)Cn1nc(C)cc1C. The number of hydrogen-bond acceptors (Lipinski definition) is 4. The summed E-state index contributed by atoms with van der Waals surface area (Å²) in [6, 6.07) is 2.04. The second-order valence-electron chi connectivity index (χ2n) is 7.79. The van der Waals surface area contributed by atoms with Crippen molar-refractivity contribution in [3.8, 4) is 0 Å². The Hall–Kier alpha value is -1.89. The van der Waals surface area contributed by atoms with Gasteiger partial charge < -0.3 is 14.9 Å². The van der Waals surface area contributed by atoms with Gasteiger partial charge in [0.15, 0.2) is 0 Å². The highest BCUT2D eigenvalue weighted by atomic mass is 16.3. The number of aliphatic hydroxyl groups excluding tert-OH is 1. The van der Waals surface area contributed by atoms with Gasteiger partial charge in [0, 0.05) is 31.7 Å². The number of amides is 2. The molecule has 0 bridgehead atoms. The van der Waals surface area contributed by atoms with Crippen molar-refractivity contribution in [3.05, 3.63) is 17.5 Å². The molecule has 7 nitrogen and oxygen atoms in total. The van der Waals surface area contributed by atoms with Gasteiger partial charge in [-0.3, -0.25) is 14.3 Å². The van der Waals surface area contributed by atoms with Gasteiger partial charge in [-0.25, -0.2) is 0 Å². The van der Waals surface area contributed by atoms with Crippen molar-refractivity contribution < 1.29 is 14.7 Å². The minimum atomic E-state index is -0.574. The number of rotatable bonds is 3. The van der Waals surface area contributed by atoms with Crippen LogP contribution in [0.15, 0.2) is 6.07 Å². The van der Waals surface area contributed by atoms with Crippen LogP contribution in [0.3, 0.4) is 0 Å². The summed E-state index contributed by atoms with van der Waals surface area (Å²) in [5.41, 5.74) is 1.28. The predicted octanol–water partition coefficient (Wildman–Crippen LogP) is 0.720. The van der Waals surface area contributed by atoms with Gasteiger partial charge >= 0.3 is 0 Å². The first kappa shape index (κ1) is 17.9. The molecule has 0 aromatic carbocycles. The van der Waals surface area contributed by atoms with Crippen molar-refractivity contribution in [1.82, 2.24) is 19.6 Å². The van der Waals surface area contributed by atoms with Crippen LogP contribution in [0.5, 0.6) is 0 Å². The average Bonchev–Trinajstić information content (AvgIpc) is 3.02. The third kappa shape index (κ3) is 3.17. The molecule has 0 unspecified atom stereocenters. The number of likely N-dealkylation sites (tertiary alicyclic amines) is 2. The second-order valence-corrected chi connectivity index (χ2v) is 7.79. The number of aryl methyl sites for hydroxylation is 2. The Morgan fingerprint density at radius 1 is 1.40 bits per heavy atom. The number of carbonyl (C=O) groups excluding carboxylic acids is 2. The fraction of sp³-hybridized carbons (Fsp3) is 0.722. The lowest BCUT2D eigenvalue weighted by Crippen LogP contribution is -2.54. The van der Waals surface area contributed by atoms with E-state index in [1.165, 1.54) is 0 Å². The Morgan fingerprint density at radius 2 is 2.12 bits per heavy atom. The topological polar surface area (TPSA) is 78.7 Å². The maximum atomic E-state index is 13.1. The fourth-order valence-corrected chi connectivity index (χ4v) is 4.58. The molecule has 1 aromatic heterocycles. The molecule has 3 heterocycles. The zero-order valence-corrected chi connectivity index (χ0v) is 15.5. The van der Waals surface area contributed by atoms with Crippen LogP contribution in [0.1, 0.15) is 38.1 Å². The van der Waals surface area contributed by atoms with Crippen LogP contribution in [0, 0.1) is 19.8 Å². The normalized spacial score (nSPS) is 29.0. The molecule has 1 aromatic rings. The minimum Gasteiger partial charge on any atom is -0.394 e. The standard InChI is InChI=1S/C18H28N4O3/c1-12-7-13(2)21(19-12)10-17(25)22-16-5-6-20(14(3)24)9-15(16)8-18(22,4)11-23/h7,15-16,23H,5-6,8-11H2,1-4H3/t15-,16-,18+/m0/s1. The van der Waals surface area contributed by atoms with Gasteiger partial charge in [0.2, 0.25) is 11.8 Å². The summed E-state index contributed by atoms with van der Waals surface area (Å²) >= 11 is 0. The first-order valence-electron chi connectivity index (χ1n) is 8.95. The summed E-state index contributed by atoms with van der Waals surface area (Å²) in [5, 5.41) is 14.4. The molecule has 2 saturated heterocycles. The quantitative estimate of drug-likeness (QED) is 0.873. The van der Waals surface area contributed by atoms with Crippen LogP contribution >= 0.6 is 0 Å². The van der Waals surface area contributed by atoms with Gasteiger partial charge in [-0.15, -0.1) is 0 Å². The van der Waals surface area contributed by atoms with E-state index in [1.54, 1.807) is 11.6 Å². The number of nitrogens with zero attached hydrogens (tertiary/aromatic N) is 4. The van der Waals surface area contributed by atoms with E-state index in [4.69, 9.17) is 0 Å². The minimum absolute atomic E-state index is 0.00785. The van der Waals surface area contributed by atoms with E-state index in [0.29, 0.717) is 13.1 Å². The van der Waals surface area contributed by atoms with Crippen LogP contribution in [0.4, 0.5) is 0 Å². The van der Waals surface area contributed by atoms with Crippen molar-refractivity contribution in [2.24, 2.45) is 5.92 Å². The van der Waals surface area contributed by atoms with Crippen molar-refractivity contribution in [2.45, 2.75) is 58.7 Å². The summed E-state index contributed by atoms with van der Waals surface area (Å²) in [6.07, 6.45) is 1.49. The molecule has 1 N–H and O–H groups in total. The summed E-state index contributed by atoms with van der Waals surface area (Å²) in [6.45, 7) is 8.85. The van der Waals surface area contributed by atoms with Crippen LogP contribution in [0.2, 0.25) is 0 Å². The van der Waals surface area contributed by atoms with Crippen molar-refractivity contribution in [1.29, 1.82) is 0 Å². The summed E-state index contributed by atoms with van der Waals surface area (Å²) in [4.78, 5) is 28.5. The molecule has 0 aliphatic carbocycles. The third-order valence-electron chi connectivity index (χ3n) is 5.75. The van der Waals surface area contributed by atoms with E-state index in [0.717, 1.165) is 24.2 Å². The first-order valence-corrected chi connectivity index (χ1v) is 8.95. The van der Waals surface area contributed by atoms with Gasteiger partial charge in [-0.1, -0.05) is 0 Å². The van der Waals surface area contributed by atoms with E-state index in [-0.39, 0.29) is 36.9 Å². The molecule has 0 saturated carbocycles. The molecule has 7 heteroatoms. The third-order valence-corrected chi connectivity index (χ3v) is 5.75. The Balaban J connectivity index is 1.82. The van der Waals surface area contributed by atoms with E-state index >= 15 is 0 Å². The van der Waals surface area contributed by atoms with E-state index in [2.05, 4.69) is 5.10 Å². The number of aromatic nitrogens is 2. The highest BCUT2D eigenvalue weighted by Crippen LogP contribution is 2.42. The Kier molecular flexibility index (Phi) is 4.62. The van der Waals surface area contributed by atoms with Crippen molar-refractivity contribution in [3.63, 3.8) is 0 Å². The summed E-state index contributed by atoms with van der Waals surface area (Å²) in [5.74, 6) is 0.294. The maximum absolute atomic E-state index is 13.1. The average molecular weight is 348 g/mol. The molecular weight excluding hydrogens is 320 g/mol. The second kappa shape index (κ2) is 6.44. The van der Waals surface area contributed by atoms with Gasteiger partial charge in [0.1, 0.15) is 6.54 Å². The molecule has 0 radical (unpaired) electrons. The highest BCUT2D eigenvalue weighted by molar-refractivity contribution is 5.78. The molecule has 25 heavy (non-hydrogen) atoms. The molecule has 2 amide bonds. The zero-order chi connectivity index (χ0) is 18.4. The molecule has 0 spiro atoms. The molecule has 2 aliphatic heterocycles. The number of piperidine rings is 1. The Labute approximate surface area is 148 Å². The summed E-state index contributed by atoms with van der Waals surface area (Å²) in [7, 11) is 0. The van der Waals surface area contributed by atoms with Crippen LogP contribution in [-0.2, 0) is 16.1 Å². The zero-order valence-electron chi connectivity index (χ0n) is 15.5. The van der Waals surface area contributed by atoms with Gasteiger partial charge in [-0.2, -0.15) is 5.10 Å². The highest BCUT2D eigenvalue weighted by Gasteiger charge is 2.52. The van der Waals surface area contributed by atoms with Crippen LogP contribution in [0.25, 0.3) is 0 Å². The van der Waals surface area contributed by atoms with Crippen molar-refractivity contribution >= 4 is 11.8 Å². The largest absolute Gasteiger partial charge is 0.394 e. The lowest BCUT2D eigenvalue weighted by molar-refractivity contribution is -0.141. The predicted molar refractivity (Wildman–Crippen MR) is 92.8 cm³/mol. The lowest BCUT2D eigenvalue weighted by atomic mass is 9.89. The maximum Gasteiger partial charge on any atom is 0.245 e. The van der Waals surface area contributed by atoms with E-state index in [1.807, 2.05) is 36.6 Å². The molecule has 138 valence electrons. The monoisotopic (exact) mass is 348 g/mol. The molecule has 3 rings (SSSR count). The van der Waals surface area contributed by atoms with Crippen LogP contribution in [-0.4, -0.2) is 67.8 Å². The molecule has 2 aliphatic rings. The van der Waals surface area contributed by atoms with E-state index in [9.17, 15) is 14.7 Å². The lowest BCUT2D eigenvalue weighted by Gasteiger charge is -2.40. The molecule has 3 atom stereocenters. The summed E-state index contributed by atoms with van der Waals surface area (Å²) < 4.78 is 1.73. The van der Waals surface area contributed by atoms with Gasteiger partial charge in [-0.05, 0) is 45.6 Å². The number of fused-ring (bicyclic) bond motifs is 1. The number of carbonyl (C=O) groups is 2. The smallest absolute Gasteiger partial charge is 0.245 e.